The van der Waals surface area contributed by atoms with Crippen LogP contribution >= 0.6 is 0 Å². The normalized spacial score (nSPS) is 10.2. The smallest absolute Gasteiger partial charge is 0.258 e. The predicted octanol–water partition coefficient (Wildman–Crippen LogP) is 4.61. The molecule has 3 aromatic carbocycles. The third-order valence-corrected chi connectivity index (χ3v) is 4.05. The van der Waals surface area contributed by atoms with Gasteiger partial charge in [-0.1, -0.05) is 36.4 Å². The zero-order valence-corrected chi connectivity index (χ0v) is 14.6. The summed E-state index contributed by atoms with van der Waals surface area (Å²) in [5.41, 5.74) is 2.68. The zero-order valence-electron chi connectivity index (χ0n) is 14.6. The fourth-order valence-electron chi connectivity index (χ4n) is 2.70. The SMILES string of the molecule is CCN(C(=O)c1ccc(NC(=O)c2ccccc2)cc1)c1ccccc1. The summed E-state index contributed by atoms with van der Waals surface area (Å²) >= 11 is 0. The Morgan fingerprint density at radius 2 is 1.35 bits per heavy atom. The van der Waals surface area contributed by atoms with E-state index in [0.29, 0.717) is 23.4 Å². The molecule has 0 aromatic heterocycles. The van der Waals surface area contributed by atoms with E-state index in [4.69, 9.17) is 0 Å². The highest BCUT2D eigenvalue weighted by molar-refractivity contribution is 6.07. The van der Waals surface area contributed by atoms with Crippen molar-refractivity contribution in [3.63, 3.8) is 0 Å². The van der Waals surface area contributed by atoms with Gasteiger partial charge < -0.3 is 10.2 Å². The summed E-state index contributed by atoms with van der Waals surface area (Å²) in [7, 11) is 0. The number of benzene rings is 3. The molecule has 4 nitrogen and oxygen atoms in total. The number of carbonyl (C=O) groups is 2. The van der Waals surface area contributed by atoms with E-state index in [1.165, 1.54) is 0 Å². The molecule has 0 unspecified atom stereocenters. The third kappa shape index (κ3) is 3.98. The van der Waals surface area contributed by atoms with E-state index < -0.39 is 0 Å². The van der Waals surface area contributed by atoms with Crippen LogP contribution in [0.2, 0.25) is 0 Å². The minimum absolute atomic E-state index is 0.0698. The second-order valence-electron chi connectivity index (χ2n) is 5.78. The van der Waals surface area contributed by atoms with Crippen LogP contribution in [0.25, 0.3) is 0 Å². The van der Waals surface area contributed by atoms with Crippen molar-refractivity contribution in [3.8, 4) is 0 Å². The Balaban J connectivity index is 1.72. The van der Waals surface area contributed by atoms with Crippen molar-refractivity contribution >= 4 is 23.2 Å². The summed E-state index contributed by atoms with van der Waals surface area (Å²) in [5.74, 6) is -0.246. The van der Waals surface area contributed by atoms with Gasteiger partial charge in [0.15, 0.2) is 0 Å². The first-order valence-electron chi connectivity index (χ1n) is 8.52. The fourth-order valence-corrected chi connectivity index (χ4v) is 2.70. The highest BCUT2D eigenvalue weighted by Crippen LogP contribution is 2.18. The molecule has 0 atom stereocenters. The number of carbonyl (C=O) groups excluding carboxylic acids is 2. The van der Waals surface area contributed by atoms with Crippen LogP contribution in [-0.4, -0.2) is 18.4 Å². The molecule has 130 valence electrons. The van der Waals surface area contributed by atoms with Crippen LogP contribution in [0.5, 0.6) is 0 Å². The zero-order chi connectivity index (χ0) is 18.4. The van der Waals surface area contributed by atoms with E-state index in [2.05, 4.69) is 5.32 Å². The molecule has 26 heavy (non-hydrogen) atoms. The Morgan fingerprint density at radius 3 is 1.92 bits per heavy atom. The number of para-hydroxylation sites is 1. The first kappa shape index (κ1) is 17.4. The number of nitrogens with zero attached hydrogens (tertiary/aromatic N) is 1. The molecule has 4 heteroatoms. The standard InChI is InChI=1S/C22H20N2O2/c1-2-24(20-11-7-4-8-12-20)22(26)18-13-15-19(16-14-18)23-21(25)17-9-5-3-6-10-17/h3-16H,2H2,1H3,(H,23,25). The molecule has 0 heterocycles. The number of hydrogen-bond acceptors (Lipinski definition) is 2. The number of amides is 2. The molecule has 0 aliphatic heterocycles. The van der Waals surface area contributed by atoms with Crippen molar-refractivity contribution < 1.29 is 9.59 Å². The van der Waals surface area contributed by atoms with Gasteiger partial charge in [0.1, 0.15) is 0 Å². The van der Waals surface area contributed by atoms with Crippen LogP contribution in [0.4, 0.5) is 11.4 Å². The quantitative estimate of drug-likeness (QED) is 0.735. The second-order valence-corrected chi connectivity index (χ2v) is 5.78. The molecule has 0 aliphatic carbocycles. The van der Waals surface area contributed by atoms with Crippen LogP contribution in [0.1, 0.15) is 27.6 Å². The minimum atomic E-state index is -0.177. The molecule has 3 aromatic rings. The van der Waals surface area contributed by atoms with Crippen molar-refractivity contribution in [1.29, 1.82) is 0 Å². The lowest BCUT2D eigenvalue weighted by Crippen LogP contribution is -2.30. The summed E-state index contributed by atoms with van der Waals surface area (Å²) in [6, 6.07) is 25.5. The summed E-state index contributed by atoms with van der Waals surface area (Å²) in [4.78, 5) is 26.7. The van der Waals surface area contributed by atoms with Gasteiger partial charge in [-0.3, -0.25) is 9.59 Å². The van der Waals surface area contributed by atoms with E-state index in [-0.39, 0.29) is 11.8 Å². The average Bonchev–Trinajstić information content (AvgIpc) is 2.70. The Bertz CT molecular complexity index is 875. The van der Waals surface area contributed by atoms with Crippen molar-refractivity contribution in [2.75, 3.05) is 16.8 Å². The first-order valence-corrected chi connectivity index (χ1v) is 8.52. The molecule has 0 aliphatic rings. The van der Waals surface area contributed by atoms with E-state index >= 15 is 0 Å². The van der Waals surface area contributed by atoms with Crippen LogP contribution in [0.15, 0.2) is 84.9 Å². The predicted molar refractivity (Wildman–Crippen MR) is 105 cm³/mol. The van der Waals surface area contributed by atoms with Gasteiger partial charge in [0.05, 0.1) is 0 Å². The molecular weight excluding hydrogens is 324 g/mol. The van der Waals surface area contributed by atoms with Crippen LogP contribution in [0.3, 0.4) is 0 Å². The van der Waals surface area contributed by atoms with Gasteiger partial charge in [0, 0.05) is 29.0 Å². The van der Waals surface area contributed by atoms with Crippen molar-refractivity contribution in [2.24, 2.45) is 0 Å². The van der Waals surface area contributed by atoms with Gasteiger partial charge in [0.2, 0.25) is 0 Å². The lowest BCUT2D eigenvalue weighted by Gasteiger charge is -2.21. The summed E-state index contributed by atoms with van der Waals surface area (Å²) in [6.07, 6.45) is 0. The lowest BCUT2D eigenvalue weighted by molar-refractivity contribution is 0.0987. The summed E-state index contributed by atoms with van der Waals surface area (Å²) in [5, 5.41) is 2.84. The Morgan fingerprint density at radius 1 is 0.769 bits per heavy atom. The summed E-state index contributed by atoms with van der Waals surface area (Å²) in [6.45, 7) is 2.52. The Kier molecular flexibility index (Phi) is 5.44. The van der Waals surface area contributed by atoms with Gasteiger partial charge >= 0.3 is 0 Å². The molecule has 0 bridgehead atoms. The summed E-state index contributed by atoms with van der Waals surface area (Å²) < 4.78 is 0. The van der Waals surface area contributed by atoms with Gasteiger partial charge in [-0.2, -0.15) is 0 Å². The van der Waals surface area contributed by atoms with Crippen LogP contribution in [-0.2, 0) is 0 Å². The number of nitrogens with one attached hydrogen (secondary N) is 1. The molecule has 0 fully saturated rings. The van der Waals surface area contributed by atoms with Gasteiger partial charge in [-0.15, -0.1) is 0 Å². The lowest BCUT2D eigenvalue weighted by atomic mass is 10.1. The first-order chi connectivity index (χ1) is 12.7. The van der Waals surface area contributed by atoms with Gasteiger partial charge in [-0.05, 0) is 55.5 Å². The van der Waals surface area contributed by atoms with Crippen LogP contribution < -0.4 is 10.2 Å². The molecule has 1 N–H and O–H groups in total. The highest BCUT2D eigenvalue weighted by Gasteiger charge is 2.16. The molecule has 2 amide bonds. The largest absolute Gasteiger partial charge is 0.322 e. The maximum Gasteiger partial charge on any atom is 0.258 e. The molecule has 0 saturated heterocycles. The number of hydrogen-bond donors (Lipinski definition) is 1. The van der Waals surface area contributed by atoms with Crippen LogP contribution in [0, 0.1) is 0 Å². The van der Waals surface area contributed by atoms with E-state index in [1.807, 2.05) is 55.5 Å². The van der Waals surface area contributed by atoms with Crippen molar-refractivity contribution in [1.82, 2.24) is 0 Å². The molecule has 0 radical (unpaired) electrons. The van der Waals surface area contributed by atoms with Crippen molar-refractivity contribution in [3.05, 3.63) is 96.1 Å². The average molecular weight is 344 g/mol. The number of anilines is 2. The van der Waals surface area contributed by atoms with E-state index in [1.54, 1.807) is 41.3 Å². The van der Waals surface area contributed by atoms with Gasteiger partial charge in [0.25, 0.3) is 11.8 Å². The maximum atomic E-state index is 12.8. The fraction of sp³-hybridized carbons (Fsp3) is 0.0909. The Labute approximate surface area is 153 Å². The topological polar surface area (TPSA) is 49.4 Å². The van der Waals surface area contributed by atoms with E-state index in [9.17, 15) is 9.59 Å². The number of rotatable bonds is 5. The molecule has 0 saturated carbocycles. The minimum Gasteiger partial charge on any atom is -0.322 e. The molecule has 0 spiro atoms. The Hall–Kier alpha value is -3.40. The monoisotopic (exact) mass is 344 g/mol. The van der Waals surface area contributed by atoms with E-state index in [0.717, 1.165) is 5.69 Å². The third-order valence-electron chi connectivity index (χ3n) is 4.05. The molecular formula is C22H20N2O2. The molecule has 3 rings (SSSR count). The van der Waals surface area contributed by atoms with Crippen molar-refractivity contribution in [2.45, 2.75) is 6.92 Å². The second kappa shape index (κ2) is 8.12. The van der Waals surface area contributed by atoms with Gasteiger partial charge in [-0.25, -0.2) is 0 Å². The highest BCUT2D eigenvalue weighted by atomic mass is 16.2. The maximum absolute atomic E-state index is 12.8.